The Balaban J connectivity index is 2.67. The van der Waals surface area contributed by atoms with Crippen LogP contribution in [-0.4, -0.2) is 49.2 Å². The molecule has 6 heteroatoms. The van der Waals surface area contributed by atoms with Crippen LogP contribution in [0.1, 0.15) is 43.6 Å². The molecule has 0 atom stereocenters. The van der Waals surface area contributed by atoms with Crippen molar-refractivity contribution < 1.29 is 9.53 Å². The monoisotopic (exact) mass is 294 g/mol. The Kier molecular flexibility index (Phi) is 8.35. The standard InChI is InChI=1S/C15H26N4O2/c1-4-10-19(11-5-2)15-17-9-7-13(18-15)14(20)16-8-6-12-21-3/h7,9H,4-6,8,10-12H2,1-3H3,(H,16,20). The average Bonchev–Trinajstić information content (AvgIpc) is 2.51. The highest BCUT2D eigenvalue weighted by Gasteiger charge is 2.12. The molecule has 0 saturated heterocycles. The smallest absolute Gasteiger partial charge is 0.270 e. The first kappa shape index (κ1) is 17.4. The highest BCUT2D eigenvalue weighted by Crippen LogP contribution is 2.09. The zero-order chi connectivity index (χ0) is 15.5. The van der Waals surface area contributed by atoms with Crippen LogP contribution in [0.5, 0.6) is 0 Å². The molecule has 1 N–H and O–H groups in total. The lowest BCUT2D eigenvalue weighted by Crippen LogP contribution is -2.29. The molecule has 0 fully saturated rings. The molecule has 0 spiro atoms. The fraction of sp³-hybridized carbons (Fsp3) is 0.667. The summed E-state index contributed by atoms with van der Waals surface area (Å²) in [5.74, 6) is 0.464. The van der Waals surface area contributed by atoms with Crippen molar-refractivity contribution in [3.8, 4) is 0 Å². The first-order chi connectivity index (χ1) is 10.2. The Morgan fingerprint density at radius 3 is 2.67 bits per heavy atom. The van der Waals surface area contributed by atoms with Gasteiger partial charge in [0.15, 0.2) is 0 Å². The SMILES string of the molecule is CCCN(CCC)c1nccc(C(=O)NCCCOC)n1. The molecule has 6 nitrogen and oxygen atoms in total. The molecule has 0 bridgehead atoms. The summed E-state index contributed by atoms with van der Waals surface area (Å²) in [6, 6.07) is 1.64. The van der Waals surface area contributed by atoms with Gasteiger partial charge in [-0.05, 0) is 25.3 Å². The molecule has 0 aliphatic rings. The summed E-state index contributed by atoms with van der Waals surface area (Å²) in [6.45, 7) is 7.25. The van der Waals surface area contributed by atoms with Gasteiger partial charge in [-0.1, -0.05) is 13.8 Å². The first-order valence-electron chi connectivity index (χ1n) is 7.58. The highest BCUT2D eigenvalue weighted by atomic mass is 16.5. The lowest BCUT2D eigenvalue weighted by molar-refractivity contribution is 0.0943. The number of anilines is 1. The van der Waals surface area contributed by atoms with Gasteiger partial charge in [0.05, 0.1) is 0 Å². The van der Waals surface area contributed by atoms with Gasteiger partial charge in [0.2, 0.25) is 5.95 Å². The molecule has 0 aromatic carbocycles. The second-order valence-corrected chi connectivity index (χ2v) is 4.83. The van der Waals surface area contributed by atoms with Crippen LogP contribution in [0.25, 0.3) is 0 Å². The molecule has 0 radical (unpaired) electrons. The number of hydrogen-bond donors (Lipinski definition) is 1. The second-order valence-electron chi connectivity index (χ2n) is 4.83. The summed E-state index contributed by atoms with van der Waals surface area (Å²) in [6.07, 6.45) is 4.48. The largest absolute Gasteiger partial charge is 0.385 e. The Labute approximate surface area is 126 Å². The molecule has 0 aliphatic carbocycles. The summed E-state index contributed by atoms with van der Waals surface area (Å²) in [7, 11) is 1.65. The van der Waals surface area contributed by atoms with E-state index in [4.69, 9.17) is 4.74 Å². The van der Waals surface area contributed by atoms with E-state index in [0.29, 0.717) is 24.8 Å². The number of nitrogens with one attached hydrogen (secondary N) is 1. The van der Waals surface area contributed by atoms with E-state index in [-0.39, 0.29) is 5.91 Å². The third kappa shape index (κ3) is 6.08. The van der Waals surface area contributed by atoms with Crippen molar-refractivity contribution in [3.05, 3.63) is 18.0 Å². The van der Waals surface area contributed by atoms with E-state index >= 15 is 0 Å². The quantitative estimate of drug-likeness (QED) is 0.667. The summed E-state index contributed by atoms with van der Waals surface area (Å²) >= 11 is 0. The van der Waals surface area contributed by atoms with Gasteiger partial charge < -0.3 is 15.0 Å². The van der Waals surface area contributed by atoms with E-state index in [9.17, 15) is 4.79 Å². The van der Waals surface area contributed by atoms with E-state index in [2.05, 4.69) is 34.0 Å². The number of ether oxygens (including phenoxy) is 1. The van der Waals surface area contributed by atoms with Crippen molar-refractivity contribution in [1.82, 2.24) is 15.3 Å². The number of aromatic nitrogens is 2. The summed E-state index contributed by atoms with van der Waals surface area (Å²) in [5, 5.41) is 2.84. The lowest BCUT2D eigenvalue weighted by Gasteiger charge is -2.21. The Morgan fingerprint density at radius 2 is 2.05 bits per heavy atom. The predicted octanol–water partition coefficient (Wildman–Crippen LogP) is 1.87. The number of rotatable bonds is 10. The van der Waals surface area contributed by atoms with Crippen LogP contribution >= 0.6 is 0 Å². The topological polar surface area (TPSA) is 67.4 Å². The Hall–Kier alpha value is -1.69. The zero-order valence-corrected chi connectivity index (χ0v) is 13.3. The molecule has 0 unspecified atom stereocenters. The van der Waals surface area contributed by atoms with Gasteiger partial charge in [0.1, 0.15) is 5.69 Å². The summed E-state index contributed by atoms with van der Waals surface area (Å²) in [4.78, 5) is 22.8. The molecule has 21 heavy (non-hydrogen) atoms. The number of carbonyl (C=O) groups is 1. The maximum Gasteiger partial charge on any atom is 0.270 e. The molecule has 118 valence electrons. The van der Waals surface area contributed by atoms with Crippen LogP contribution in [0.3, 0.4) is 0 Å². The van der Waals surface area contributed by atoms with Crippen molar-refractivity contribution in [2.45, 2.75) is 33.1 Å². The minimum absolute atomic E-state index is 0.164. The van der Waals surface area contributed by atoms with Gasteiger partial charge in [0.25, 0.3) is 5.91 Å². The first-order valence-corrected chi connectivity index (χ1v) is 7.58. The Morgan fingerprint density at radius 1 is 1.33 bits per heavy atom. The summed E-state index contributed by atoms with van der Waals surface area (Å²) in [5.41, 5.74) is 0.412. The maximum atomic E-state index is 12.0. The van der Waals surface area contributed by atoms with Crippen molar-refractivity contribution in [2.24, 2.45) is 0 Å². The van der Waals surface area contributed by atoms with Gasteiger partial charge in [-0.3, -0.25) is 4.79 Å². The van der Waals surface area contributed by atoms with Gasteiger partial charge in [-0.15, -0.1) is 0 Å². The van der Waals surface area contributed by atoms with Crippen LogP contribution in [0, 0.1) is 0 Å². The Bertz CT molecular complexity index is 420. The van der Waals surface area contributed by atoms with Crippen molar-refractivity contribution in [1.29, 1.82) is 0 Å². The minimum Gasteiger partial charge on any atom is -0.385 e. The molecule has 1 amide bonds. The number of hydrogen-bond acceptors (Lipinski definition) is 5. The number of methoxy groups -OCH3 is 1. The fourth-order valence-corrected chi connectivity index (χ4v) is 1.99. The fourth-order valence-electron chi connectivity index (χ4n) is 1.99. The van der Waals surface area contributed by atoms with E-state index in [1.54, 1.807) is 19.4 Å². The maximum absolute atomic E-state index is 12.0. The lowest BCUT2D eigenvalue weighted by atomic mass is 10.3. The number of carbonyl (C=O) groups excluding carboxylic acids is 1. The van der Waals surface area contributed by atoms with Crippen molar-refractivity contribution in [2.75, 3.05) is 38.3 Å². The molecular weight excluding hydrogens is 268 g/mol. The molecule has 0 aliphatic heterocycles. The zero-order valence-electron chi connectivity index (χ0n) is 13.3. The van der Waals surface area contributed by atoms with Gasteiger partial charge >= 0.3 is 0 Å². The van der Waals surface area contributed by atoms with Gasteiger partial charge in [0, 0.05) is 39.5 Å². The number of amides is 1. The van der Waals surface area contributed by atoms with E-state index in [0.717, 1.165) is 32.4 Å². The van der Waals surface area contributed by atoms with E-state index < -0.39 is 0 Å². The normalized spacial score (nSPS) is 10.4. The molecule has 1 heterocycles. The minimum atomic E-state index is -0.164. The predicted molar refractivity (Wildman–Crippen MR) is 83.7 cm³/mol. The molecular formula is C15H26N4O2. The van der Waals surface area contributed by atoms with Crippen LogP contribution < -0.4 is 10.2 Å². The van der Waals surface area contributed by atoms with E-state index in [1.807, 2.05) is 0 Å². The highest BCUT2D eigenvalue weighted by molar-refractivity contribution is 5.92. The van der Waals surface area contributed by atoms with E-state index in [1.165, 1.54) is 0 Å². The van der Waals surface area contributed by atoms with Crippen LogP contribution in [-0.2, 0) is 4.74 Å². The van der Waals surface area contributed by atoms with Crippen molar-refractivity contribution in [3.63, 3.8) is 0 Å². The van der Waals surface area contributed by atoms with Crippen LogP contribution in [0.4, 0.5) is 5.95 Å². The second kappa shape index (κ2) is 10.1. The van der Waals surface area contributed by atoms with Crippen molar-refractivity contribution >= 4 is 11.9 Å². The third-order valence-corrected chi connectivity index (χ3v) is 2.96. The molecule has 1 aromatic rings. The van der Waals surface area contributed by atoms with Crippen LogP contribution in [0.2, 0.25) is 0 Å². The molecule has 1 rings (SSSR count). The summed E-state index contributed by atoms with van der Waals surface area (Å²) < 4.78 is 4.95. The molecule has 1 aromatic heterocycles. The van der Waals surface area contributed by atoms with Gasteiger partial charge in [-0.25, -0.2) is 9.97 Å². The van der Waals surface area contributed by atoms with Gasteiger partial charge in [-0.2, -0.15) is 0 Å². The average molecular weight is 294 g/mol. The number of nitrogens with zero attached hydrogens (tertiary/aromatic N) is 3. The third-order valence-electron chi connectivity index (χ3n) is 2.96. The molecule has 0 saturated carbocycles. The van der Waals surface area contributed by atoms with Crippen LogP contribution in [0.15, 0.2) is 12.3 Å².